The molecule has 32 heavy (non-hydrogen) atoms. The predicted molar refractivity (Wildman–Crippen MR) is 128 cm³/mol. The summed E-state index contributed by atoms with van der Waals surface area (Å²) in [5, 5.41) is 12.5. The fourth-order valence-corrected chi connectivity index (χ4v) is 5.86. The van der Waals surface area contributed by atoms with Gasteiger partial charge in [0.1, 0.15) is 12.1 Å². The summed E-state index contributed by atoms with van der Waals surface area (Å²) in [6.07, 6.45) is 2.74. The number of quaternary nitrogens is 1. The second-order valence-electron chi connectivity index (χ2n) is 9.36. The van der Waals surface area contributed by atoms with Crippen molar-refractivity contribution >= 4 is 0 Å². The van der Waals surface area contributed by atoms with E-state index < -0.39 is 5.60 Å². The molecule has 3 heterocycles. The number of fused-ring (bicyclic) bond motifs is 3. The van der Waals surface area contributed by atoms with Crippen molar-refractivity contribution in [1.82, 2.24) is 0 Å². The van der Waals surface area contributed by atoms with E-state index in [0.29, 0.717) is 6.61 Å². The largest absolute Gasteiger partial charge is 0.380 e. The summed E-state index contributed by atoms with van der Waals surface area (Å²) >= 11 is 0. The molecule has 0 amide bonds. The van der Waals surface area contributed by atoms with Crippen LogP contribution in [0.15, 0.2) is 90.9 Å². The van der Waals surface area contributed by atoms with Gasteiger partial charge in [-0.1, -0.05) is 90.9 Å². The second kappa shape index (κ2) is 8.82. The Morgan fingerprint density at radius 1 is 0.844 bits per heavy atom. The van der Waals surface area contributed by atoms with Crippen molar-refractivity contribution in [2.45, 2.75) is 31.5 Å². The Labute approximate surface area is 198 Å². The molecule has 3 nitrogen and oxygen atoms in total. The average Bonchev–Trinajstić information content (AvgIpc) is 2.96. The van der Waals surface area contributed by atoms with Gasteiger partial charge in [0, 0.05) is 24.7 Å². The van der Waals surface area contributed by atoms with Gasteiger partial charge in [0.05, 0.1) is 39.7 Å². The number of nitrogens with zero attached hydrogens (tertiary/aromatic N) is 1. The molecule has 6 rings (SSSR count). The fourth-order valence-electron chi connectivity index (χ4n) is 5.86. The molecule has 3 fully saturated rings. The highest BCUT2D eigenvalue weighted by Gasteiger charge is 2.60. The van der Waals surface area contributed by atoms with Gasteiger partial charge < -0.3 is 14.3 Å². The maximum atomic E-state index is 12.5. The number of ether oxygens (including phenoxy) is 1. The maximum absolute atomic E-state index is 12.5. The highest BCUT2D eigenvalue weighted by atomic mass is 16.5. The predicted octanol–water partition coefficient (Wildman–Crippen LogP) is 5.14. The molecule has 0 atom stereocenters. The molecular formula is C29H34NO2+. The molecule has 0 radical (unpaired) electrons. The molecule has 3 aromatic carbocycles. The van der Waals surface area contributed by atoms with Crippen molar-refractivity contribution in [3.05, 3.63) is 108 Å². The summed E-state index contributed by atoms with van der Waals surface area (Å²) in [5.41, 5.74) is 0.820. The molecule has 166 valence electrons. The molecule has 0 unspecified atom stereocenters. The molecule has 1 N–H and O–H groups in total. The molecule has 3 aliphatic heterocycles. The lowest BCUT2D eigenvalue weighted by molar-refractivity contribution is -0.946. The normalized spacial score (nSPS) is 27.2. The third kappa shape index (κ3) is 3.79. The van der Waals surface area contributed by atoms with Crippen LogP contribution in [0, 0.1) is 5.41 Å². The summed E-state index contributed by atoms with van der Waals surface area (Å²) in [6.45, 7) is 4.14. The van der Waals surface area contributed by atoms with Crippen molar-refractivity contribution in [1.29, 1.82) is 0 Å². The summed E-state index contributed by atoms with van der Waals surface area (Å²) in [6, 6.07) is 18.7. The zero-order valence-electron chi connectivity index (χ0n) is 23.4. The number of piperidine rings is 3. The lowest BCUT2D eigenvalue weighted by Gasteiger charge is -2.60. The minimum atomic E-state index is -1.05. The molecule has 3 aromatic rings. The van der Waals surface area contributed by atoms with Crippen LogP contribution in [-0.4, -0.2) is 42.4 Å². The van der Waals surface area contributed by atoms with Crippen molar-refractivity contribution < 1.29 is 21.2 Å². The van der Waals surface area contributed by atoms with E-state index in [0.717, 1.165) is 61.1 Å². The third-order valence-electron chi connectivity index (χ3n) is 7.85. The molecule has 3 heteroatoms. The van der Waals surface area contributed by atoms with Crippen LogP contribution in [0.1, 0.15) is 42.8 Å². The number of rotatable bonds is 8. The quantitative estimate of drug-likeness (QED) is 0.394. The molecule has 0 aromatic heterocycles. The molecule has 0 saturated carbocycles. The van der Waals surface area contributed by atoms with Crippen LogP contribution >= 0.6 is 0 Å². The SMILES string of the molecule is [2H]c1c([2H])c([2H])c(COCC[N+]23CCC(C(O)(c4ccccc4)c4ccccc4)(CC2)CC3)c([2H])c1[2H]. The Hall–Kier alpha value is -2.46. The second-order valence-corrected chi connectivity index (χ2v) is 9.36. The van der Waals surface area contributed by atoms with Gasteiger partial charge in [-0.05, 0) is 16.7 Å². The average molecular weight is 434 g/mol. The first-order valence-electron chi connectivity index (χ1n) is 14.1. The van der Waals surface area contributed by atoms with E-state index in [9.17, 15) is 5.11 Å². The Balaban J connectivity index is 1.28. The van der Waals surface area contributed by atoms with Crippen LogP contribution in [0.2, 0.25) is 0 Å². The summed E-state index contributed by atoms with van der Waals surface area (Å²) in [7, 11) is 0. The minimum Gasteiger partial charge on any atom is -0.380 e. The standard InChI is InChI=1S/C29H34NO2/c31-29(26-12-6-2-7-13-26,27-14-8-3-9-15-27)28-16-19-30(20-17-28,21-18-28)22-23-32-24-25-10-4-1-5-11-25/h1-15,31H,16-24H2/q+1/i1D,4D,5D,10D,11D. The zero-order valence-corrected chi connectivity index (χ0v) is 18.4. The van der Waals surface area contributed by atoms with E-state index >= 15 is 0 Å². The number of aliphatic hydroxyl groups is 1. The van der Waals surface area contributed by atoms with Crippen LogP contribution < -0.4 is 0 Å². The van der Waals surface area contributed by atoms with Crippen LogP contribution in [-0.2, 0) is 16.9 Å². The van der Waals surface area contributed by atoms with E-state index in [4.69, 9.17) is 11.6 Å². The van der Waals surface area contributed by atoms with Crippen molar-refractivity contribution in [2.24, 2.45) is 5.41 Å². The summed E-state index contributed by atoms with van der Waals surface area (Å²) in [5.74, 6) is 0. The lowest BCUT2D eigenvalue weighted by atomic mass is 9.56. The topological polar surface area (TPSA) is 29.5 Å². The van der Waals surface area contributed by atoms with Gasteiger partial charge in [0.2, 0.25) is 0 Å². The lowest BCUT2D eigenvalue weighted by Crippen LogP contribution is -2.67. The summed E-state index contributed by atoms with van der Waals surface area (Å²) < 4.78 is 46.4. The first kappa shape index (κ1) is 16.2. The van der Waals surface area contributed by atoms with Crippen LogP contribution in [0.5, 0.6) is 0 Å². The van der Waals surface area contributed by atoms with Crippen LogP contribution in [0.3, 0.4) is 0 Å². The number of benzene rings is 3. The number of hydrogen-bond donors (Lipinski definition) is 1. The molecule has 2 bridgehead atoms. The van der Waals surface area contributed by atoms with Gasteiger partial charge in [-0.3, -0.25) is 0 Å². The fraction of sp³-hybridized carbons (Fsp3) is 0.379. The first-order valence-corrected chi connectivity index (χ1v) is 11.6. The maximum Gasteiger partial charge on any atom is 0.121 e. The van der Waals surface area contributed by atoms with Crippen molar-refractivity contribution in [3.63, 3.8) is 0 Å². The van der Waals surface area contributed by atoms with E-state index in [1.54, 1.807) is 0 Å². The minimum absolute atomic E-state index is 0.00140. The molecule has 0 aliphatic carbocycles. The van der Waals surface area contributed by atoms with Gasteiger partial charge >= 0.3 is 0 Å². The first-order chi connectivity index (χ1) is 17.7. The monoisotopic (exact) mass is 433 g/mol. The summed E-state index contributed by atoms with van der Waals surface area (Å²) in [4.78, 5) is 0. The van der Waals surface area contributed by atoms with Crippen molar-refractivity contribution in [2.75, 3.05) is 32.8 Å². The van der Waals surface area contributed by atoms with E-state index in [2.05, 4.69) is 0 Å². The van der Waals surface area contributed by atoms with Crippen molar-refractivity contribution in [3.8, 4) is 0 Å². The van der Waals surface area contributed by atoms with Gasteiger partial charge in [0.25, 0.3) is 0 Å². The molecule has 3 saturated heterocycles. The van der Waals surface area contributed by atoms with Crippen LogP contribution in [0.4, 0.5) is 0 Å². The van der Waals surface area contributed by atoms with Gasteiger partial charge in [0.15, 0.2) is 0 Å². The Morgan fingerprint density at radius 3 is 1.91 bits per heavy atom. The van der Waals surface area contributed by atoms with E-state index in [1.165, 1.54) is 0 Å². The highest BCUT2D eigenvalue weighted by molar-refractivity contribution is 5.39. The molecule has 3 aliphatic rings. The van der Waals surface area contributed by atoms with Gasteiger partial charge in [-0.15, -0.1) is 0 Å². The van der Waals surface area contributed by atoms with Gasteiger partial charge in [-0.2, -0.15) is 0 Å². The van der Waals surface area contributed by atoms with Crippen LogP contribution in [0.25, 0.3) is 0 Å². The number of hydrogen-bond acceptors (Lipinski definition) is 2. The highest BCUT2D eigenvalue weighted by Crippen LogP contribution is 2.57. The third-order valence-corrected chi connectivity index (χ3v) is 7.85. The van der Waals surface area contributed by atoms with E-state index in [-0.39, 0.29) is 47.8 Å². The Bertz CT molecular complexity index is 1180. The smallest absolute Gasteiger partial charge is 0.121 e. The Morgan fingerprint density at radius 2 is 1.38 bits per heavy atom. The van der Waals surface area contributed by atoms with E-state index in [1.807, 2.05) is 60.7 Å². The zero-order chi connectivity index (χ0) is 26.3. The molecule has 0 spiro atoms. The van der Waals surface area contributed by atoms with Gasteiger partial charge in [-0.25, -0.2) is 0 Å². The molecular weight excluding hydrogens is 394 g/mol. The Kier molecular flexibility index (Phi) is 4.46.